The third-order valence-electron chi connectivity index (χ3n) is 4.55. The Morgan fingerprint density at radius 1 is 0.909 bits per heavy atom. The van der Waals surface area contributed by atoms with E-state index in [-0.39, 0.29) is 56.4 Å². The summed E-state index contributed by atoms with van der Waals surface area (Å²) in [7, 11) is 0. The Balaban J connectivity index is -0.000000290. The van der Waals surface area contributed by atoms with Gasteiger partial charge in [0.15, 0.2) is 0 Å². The molecule has 0 aromatic carbocycles. The summed E-state index contributed by atoms with van der Waals surface area (Å²) in [4.78, 5) is 0. The Morgan fingerprint density at radius 3 is 1.45 bits per heavy atom. The van der Waals surface area contributed by atoms with Crippen molar-refractivity contribution >= 4 is 19.6 Å². The second-order valence-electron chi connectivity index (χ2n) is 6.16. The van der Waals surface area contributed by atoms with Crippen LogP contribution in [0.15, 0.2) is 27.9 Å². The fourth-order valence-corrected chi connectivity index (χ4v) is 4.83. The molecule has 0 aromatic heterocycles. The summed E-state index contributed by atoms with van der Waals surface area (Å²) in [6, 6.07) is 0. The molecule has 0 bridgehead atoms. The van der Waals surface area contributed by atoms with Gasteiger partial charge in [-0.2, -0.15) is 11.1 Å². The Bertz CT molecular complexity index is 511. The van der Waals surface area contributed by atoms with Crippen molar-refractivity contribution in [3.8, 4) is 0 Å². The number of allylic oxidation sites excluding steroid dienone is 6. The van der Waals surface area contributed by atoms with Crippen LogP contribution in [0, 0.1) is 16.2 Å². The number of hydrogen-bond acceptors (Lipinski definition) is 0. The summed E-state index contributed by atoms with van der Waals surface area (Å²) in [5, 5.41) is 0. The van der Waals surface area contributed by atoms with E-state index >= 15 is 0 Å². The van der Waals surface area contributed by atoms with Crippen LogP contribution in [-0.2, 0) is 26.2 Å². The molecule has 0 saturated heterocycles. The zero-order valence-corrected chi connectivity index (χ0v) is 21.0. The molecule has 0 N–H and O–H groups in total. The van der Waals surface area contributed by atoms with Crippen LogP contribution in [0.2, 0.25) is 0 Å². The first kappa shape index (κ1) is 27.8. The molecule has 122 valence electrons. The molecule has 0 saturated carbocycles. The first-order valence-corrected chi connectivity index (χ1v) is 8.82. The molecule has 2 rings (SSSR count). The average molecular weight is 480 g/mol. The van der Waals surface area contributed by atoms with Crippen LogP contribution in [0.25, 0.3) is 0 Å². The second kappa shape index (κ2) is 10.8. The van der Waals surface area contributed by atoms with E-state index in [9.17, 15) is 0 Å². The van der Waals surface area contributed by atoms with Crippen molar-refractivity contribution in [3.05, 3.63) is 38.6 Å². The first-order chi connectivity index (χ1) is 8.58. The van der Waals surface area contributed by atoms with Gasteiger partial charge in [-0.1, -0.05) is 33.1 Å². The third kappa shape index (κ3) is 6.47. The molecule has 0 aromatic rings. The minimum Gasteiger partial charge on any atom is -1.00 e. The van der Waals surface area contributed by atoms with Crippen molar-refractivity contribution in [2.24, 2.45) is 5.41 Å². The molecule has 2 aliphatic rings. The second-order valence-corrected chi connectivity index (χ2v) is 9.44. The summed E-state index contributed by atoms with van der Waals surface area (Å²) in [6.07, 6.45) is 3.44. The fourth-order valence-electron chi connectivity index (χ4n) is 2.37. The Kier molecular flexibility index (Phi) is 13.6. The maximum absolute atomic E-state index is 3.44. The van der Waals surface area contributed by atoms with Crippen LogP contribution in [0.1, 0.15) is 62.3 Å². The smallest absolute Gasteiger partial charge is 1.00 e. The van der Waals surface area contributed by atoms with Crippen LogP contribution in [-0.4, -0.2) is 19.6 Å². The van der Waals surface area contributed by atoms with Gasteiger partial charge in [-0.05, 0) is 0 Å². The molecule has 0 radical (unpaired) electrons. The molecule has 1 heterocycles. The molecule has 0 amide bonds. The molecular formula is C18H27AsCl2Zr. The fraction of sp³-hybridized carbons (Fsp3) is 0.556. The molecule has 1 aliphatic heterocycles. The minimum atomic E-state index is 0. The molecule has 22 heavy (non-hydrogen) atoms. The van der Waals surface area contributed by atoms with Crippen molar-refractivity contribution in [3.63, 3.8) is 0 Å². The normalized spacial score (nSPS) is 19.2. The topological polar surface area (TPSA) is 0 Å². The Labute approximate surface area is 175 Å². The van der Waals surface area contributed by atoms with Gasteiger partial charge in [-0.25, -0.2) is 5.57 Å². The van der Waals surface area contributed by atoms with E-state index in [1.54, 1.807) is 20.2 Å². The third-order valence-corrected chi connectivity index (χ3v) is 7.36. The van der Waals surface area contributed by atoms with E-state index in [4.69, 9.17) is 0 Å². The van der Waals surface area contributed by atoms with Gasteiger partial charge in [0.25, 0.3) is 0 Å². The van der Waals surface area contributed by atoms with E-state index in [0.717, 1.165) is 0 Å². The average Bonchev–Trinajstić information content (AvgIpc) is 2.63. The van der Waals surface area contributed by atoms with Crippen molar-refractivity contribution in [1.82, 2.24) is 0 Å². The Hall–Kier alpha value is 0.982. The number of rotatable bonds is 0. The number of halogens is 2. The summed E-state index contributed by atoms with van der Waals surface area (Å²) in [5.41, 5.74) is 7.49. The maximum atomic E-state index is 3.44. The predicted molar refractivity (Wildman–Crippen MR) is 88.3 cm³/mol. The van der Waals surface area contributed by atoms with E-state index in [0.29, 0.717) is 15.3 Å². The summed E-state index contributed by atoms with van der Waals surface area (Å²) < 4.78 is 3.28. The van der Waals surface area contributed by atoms with Crippen LogP contribution in [0.3, 0.4) is 0 Å². The van der Waals surface area contributed by atoms with Crippen molar-refractivity contribution in [1.29, 1.82) is 0 Å². The van der Waals surface area contributed by atoms with Crippen LogP contribution >= 0.6 is 0 Å². The van der Waals surface area contributed by atoms with Crippen LogP contribution < -0.4 is 24.8 Å². The van der Waals surface area contributed by atoms with Gasteiger partial charge in [0.2, 0.25) is 0 Å². The van der Waals surface area contributed by atoms with Gasteiger partial charge in [0, 0.05) is 0 Å². The zero-order chi connectivity index (χ0) is 15.0. The molecule has 0 spiro atoms. The molecule has 1 aliphatic carbocycles. The molecule has 0 fully saturated rings. The monoisotopic (exact) mass is 478 g/mol. The van der Waals surface area contributed by atoms with Gasteiger partial charge in [-0.15, -0.1) is 6.92 Å². The molecular weight excluding hydrogens is 453 g/mol. The summed E-state index contributed by atoms with van der Waals surface area (Å²) in [5.74, 6) is 0. The SMILES string of the molecule is CC1=[As][C-](C)C(C)=C1C.CC1=[C-]C(C)(C)C(C)=C1C.[Cl-].[Cl-].[Zr+4]. The van der Waals surface area contributed by atoms with Gasteiger partial charge >= 0.3 is 89.4 Å². The van der Waals surface area contributed by atoms with E-state index in [2.05, 4.69) is 68.4 Å². The minimum absolute atomic E-state index is 0. The number of hydrogen-bond donors (Lipinski definition) is 0. The van der Waals surface area contributed by atoms with Crippen molar-refractivity contribution in [2.75, 3.05) is 0 Å². The van der Waals surface area contributed by atoms with E-state index in [1.165, 1.54) is 16.7 Å². The molecule has 0 unspecified atom stereocenters. The predicted octanol–water partition coefficient (Wildman–Crippen LogP) is -1.10. The molecule has 4 heteroatoms. The zero-order valence-electron chi connectivity index (χ0n) is 15.2. The molecule has 0 nitrogen and oxygen atoms in total. The standard InChI is InChI=1S/C10H15.C8H12As.2ClH.Zr/c1-7-6-10(4,5)9(3)8(7)2;1-5-6(2)8(4)9-7(5)3;;;/h1-5H3;1-4H3;2*1H;/q2*-1;;;+4/p-2. The molecule has 0 atom stereocenters. The van der Waals surface area contributed by atoms with E-state index in [1.807, 2.05) is 0 Å². The Morgan fingerprint density at radius 2 is 1.36 bits per heavy atom. The quantitative estimate of drug-likeness (QED) is 0.305. The summed E-state index contributed by atoms with van der Waals surface area (Å²) >= 11 is 0.430. The van der Waals surface area contributed by atoms with Crippen LogP contribution in [0.5, 0.6) is 0 Å². The van der Waals surface area contributed by atoms with Gasteiger partial charge in [0.1, 0.15) is 0 Å². The van der Waals surface area contributed by atoms with Gasteiger partial charge in [-0.3, -0.25) is 6.08 Å². The maximum Gasteiger partial charge on any atom is 4.00 e. The van der Waals surface area contributed by atoms with Crippen molar-refractivity contribution < 1.29 is 51.0 Å². The van der Waals surface area contributed by atoms with Crippen molar-refractivity contribution in [2.45, 2.75) is 62.3 Å². The largest absolute Gasteiger partial charge is 4.00 e. The van der Waals surface area contributed by atoms with Gasteiger partial charge < -0.3 is 24.8 Å². The first-order valence-electron chi connectivity index (χ1n) is 6.95. The van der Waals surface area contributed by atoms with E-state index < -0.39 is 0 Å². The van der Waals surface area contributed by atoms with Crippen LogP contribution in [0.4, 0.5) is 0 Å². The van der Waals surface area contributed by atoms with Gasteiger partial charge in [0.05, 0.1) is 0 Å². The summed E-state index contributed by atoms with van der Waals surface area (Å²) in [6.45, 7) is 19.9.